The lowest BCUT2D eigenvalue weighted by Gasteiger charge is -2.07. The molecule has 1 aromatic carbocycles. The van der Waals surface area contributed by atoms with Gasteiger partial charge in [-0.1, -0.05) is 24.8 Å². The van der Waals surface area contributed by atoms with Crippen LogP contribution in [0, 0.1) is 0 Å². The first-order valence-corrected chi connectivity index (χ1v) is 4.89. The number of hydrogen-bond donors (Lipinski definition) is 0. The van der Waals surface area contributed by atoms with Gasteiger partial charge in [0.15, 0.2) is 5.75 Å². The minimum absolute atomic E-state index is 0.182. The van der Waals surface area contributed by atoms with E-state index in [1.807, 2.05) is 32.0 Å². The number of nitrogens with zero attached hydrogens (tertiary/aromatic N) is 2. The van der Waals surface area contributed by atoms with Crippen molar-refractivity contribution in [1.82, 2.24) is 0 Å². The molecule has 0 radical (unpaired) electrons. The van der Waals surface area contributed by atoms with Gasteiger partial charge in [-0.05, 0) is 19.9 Å². The molecule has 0 heterocycles. The van der Waals surface area contributed by atoms with Crippen LogP contribution in [0.3, 0.4) is 0 Å². The summed E-state index contributed by atoms with van der Waals surface area (Å²) in [5.74, 6) is 0.719. The molecule has 1 rings (SSSR count). The third-order valence-electron chi connectivity index (χ3n) is 1.85. The van der Waals surface area contributed by atoms with E-state index in [9.17, 15) is 0 Å². The maximum Gasteiger partial charge on any atom is 0.153 e. The highest BCUT2D eigenvalue weighted by Crippen LogP contribution is 2.32. The highest BCUT2D eigenvalue weighted by atomic mass is 16.5. The van der Waals surface area contributed by atoms with Crippen LogP contribution in [0.4, 0.5) is 5.69 Å². The largest absolute Gasteiger partial charge is 0.494 e. The maximum atomic E-state index is 5.27. The highest BCUT2D eigenvalue weighted by molar-refractivity contribution is 5.65. The number of hydrogen-bond acceptors (Lipinski definition) is 3. The number of para-hydroxylation sites is 1. The van der Waals surface area contributed by atoms with Gasteiger partial charge < -0.3 is 4.74 Å². The van der Waals surface area contributed by atoms with E-state index in [0.717, 1.165) is 17.0 Å². The van der Waals surface area contributed by atoms with Gasteiger partial charge in [-0.2, -0.15) is 10.2 Å². The molecule has 0 atom stereocenters. The molecule has 0 unspecified atom stereocenters. The second-order valence-corrected chi connectivity index (χ2v) is 3.41. The summed E-state index contributed by atoms with van der Waals surface area (Å²) in [6.45, 7) is 7.68. The Labute approximate surface area is 90.5 Å². The molecule has 0 aliphatic rings. The second kappa shape index (κ2) is 5.29. The Bertz CT molecular complexity index is 370. The summed E-state index contributed by atoms with van der Waals surface area (Å²) in [6, 6.07) is 5.90. The van der Waals surface area contributed by atoms with Crippen molar-refractivity contribution in [3.63, 3.8) is 0 Å². The van der Waals surface area contributed by atoms with Crippen molar-refractivity contribution in [2.45, 2.75) is 19.9 Å². The molecule has 3 heteroatoms. The van der Waals surface area contributed by atoms with Gasteiger partial charge in [0.1, 0.15) is 5.69 Å². The molecular formula is C12H16N2O. The first-order chi connectivity index (χ1) is 7.19. The minimum atomic E-state index is 0.182. The smallest absolute Gasteiger partial charge is 0.153 e. The topological polar surface area (TPSA) is 34.0 Å². The Balaban J connectivity index is 3.11. The molecule has 0 saturated heterocycles. The summed E-state index contributed by atoms with van der Waals surface area (Å²) in [5, 5.41) is 8.23. The first-order valence-electron chi connectivity index (χ1n) is 4.89. The van der Waals surface area contributed by atoms with Crippen molar-refractivity contribution >= 4 is 11.8 Å². The van der Waals surface area contributed by atoms with E-state index in [4.69, 9.17) is 4.74 Å². The molecule has 0 saturated carbocycles. The van der Waals surface area contributed by atoms with Crippen LogP contribution in [0.2, 0.25) is 0 Å². The predicted molar refractivity (Wildman–Crippen MR) is 62.7 cm³/mol. The van der Waals surface area contributed by atoms with Crippen molar-refractivity contribution in [3.05, 3.63) is 30.3 Å². The first kappa shape index (κ1) is 11.4. The monoisotopic (exact) mass is 204 g/mol. The van der Waals surface area contributed by atoms with Gasteiger partial charge >= 0.3 is 0 Å². The number of azo groups is 1. The van der Waals surface area contributed by atoms with Crippen molar-refractivity contribution < 1.29 is 4.74 Å². The third-order valence-corrected chi connectivity index (χ3v) is 1.85. The van der Waals surface area contributed by atoms with Crippen molar-refractivity contribution in [2.75, 3.05) is 7.11 Å². The Hall–Kier alpha value is -1.64. The van der Waals surface area contributed by atoms with Crippen LogP contribution < -0.4 is 4.74 Å². The normalized spacial score (nSPS) is 10.9. The lowest BCUT2D eigenvalue weighted by atomic mass is 10.2. The molecular weight excluding hydrogens is 188 g/mol. The van der Waals surface area contributed by atoms with Crippen LogP contribution in [0.5, 0.6) is 5.75 Å². The highest BCUT2D eigenvalue weighted by Gasteiger charge is 2.05. The molecule has 0 aliphatic carbocycles. The van der Waals surface area contributed by atoms with Gasteiger partial charge in [0, 0.05) is 5.56 Å². The fraction of sp³-hybridized carbons (Fsp3) is 0.333. The fourth-order valence-electron chi connectivity index (χ4n) is 1.18. The summed E-state index contributed by atoms with van der Waals surface area (Å²) in [4.78, 5) is 0. The van der Waals surface area contributed by atoms with Crippen molar-refractivity contribution in [2.24, 2.45) is 10.2 Å². The van der Waals surface area contributed by atoms with Crippen molar-refractivity contribution in [3.8, 4) is 5.75 Å². The van der Waals surface area contributed by atoms with Crippen LogP contribution in [0.1, 0.15) is 19.4 Å². The van der Waals surface area contributed by atoms with Gasteiger partial charge in [-0.25, -0.2) is 0 Å². The number of methoxy groups -OCH3 is 1. The average Bonchev–Trinajstić information content (AvgIpc) is 2.25. The molecule has 0 N–H and O–H groups in total. The zero-order valence-corrected chi connectivity index (χ0v) is 9.40. The van der Waals surface area contributed by atoms with Crippen LogP contribution in [-0.2, 0) is 0 Å². The lowest BCUT2D eigenvalue weighted by Crippen LogP contribution is -1.88. The van der Waals surface area contributed by atoms with Crippen LogP contribution in [0.25, 0.3) is 6.08 Å². The van der Waals surface area contributed by atoms with E-state index in [0.29, 0.717) is 0 Å². The fourth-order valence-corrected chi connectivity index (χ4v) is 1.18. The SMILES string of the molecule is C=Cc1cccc(N=NC(C)C)c1OC. The Morgan fingerprint density at radius 2 is 2.13 bits per heavy atom. The second-order valence-electron chi connectivity index (χ2n) is 3.41. The molecule has 0 spiro atoms. The van der Waals surface area contributed by atoms with Crippen molar-refractivity contribution in [1.29, 1.82) is 0 Å². The zero-order chi connectivity index (χ0) is 11.3. The number of ether oxygens (including phenoxy) is 1. The molecule has 3 nitrogen and oxygen atoms in total. The zero-order valence-electron chi connectivity index (χ0n) is 9.40. The van der Waals surface area contributed by atoms with E-state index in [2.05, 4.69) is 16.8 Å². The van der Waals surface area contributed by atoms with Gasteiger partial charge in [-0.3, -0.25) is 0 Å². The van der Waals surface area contributed by atoms with E-state index in [-0.39, 0.29) is 6.04 Å². The van der Waals surface area contributed by atoms with E-state index >= 15 is 0 Å². The van der Waals surface area contributed by atoms with Crippen LogP contribution >= 0.6 is 0 Å². The van der Waals surface area contributed by atoms with Crippen LogP contribution in [0.15, 0.2) is 35.0 Å². The van der Waals surface area contributed by atoms with E-state index < -0.39 is 0 Å². The van der Waals surface area contributed by atoms with Gasteiger partial charge in [0.2, 0.25) is 0 Å². The summed E-state index contributed by atoms with van der Waals surface area (Å²) in [5.41, 5.74) is 1.67. The molecule has 1 aromatic rings. The van der Waals surface area contributed by atoms with Gasteiger partial charge in [-0.15, -0.1) is 0 Å². The standard InChI is InChI=1S/C12H16N2O/c1-5-10-7-6-8-11(12(10)15-4)14-13-9(2)3/h5-9H,1H2,2-4H3. The Morgan fingerprint density at radius 1 is 1.40 bits per heavy atom. The summed E-state index contributed by atoms with van der Waals surface area (Å²) in [7, 11) is 1.62. The summed E-state index contributed by atoms with van der Waals surface area (Å²) < 4.78 is 5.27. The average molecular weight is 204 g/mol. The van der Waals surface area contributed by atoms with Crippen LogP contribution in [-0.4, -0.2) is 13.2 Å². The summed E-state index contributed by atoms with van der Waals surface area (Å²) in [6.07, 6.45) is 1.74. The van der Waals surface area contributed by atoms with Gasteiger partial charge in [0.05, 0.1) is 13.2 Å². The Morgan fingerprint density at radius 3 is 2.67 bits per heavy atom. The summed E-state index contributed by atoms with van der Waals surface area (Å²) >= 11 is 0. The Kier molecular flexibility index (Phi) is 4.03. The molecule has 15 heavy (non-hydrogen) atoms. The molecule has 0 bridgehead atoms. The lowest BCUT2D eigenvalue weighted by molar-refractivity contribution is 0.414. The number of rotatable bonds is 4. The third kappa shape index (κ3) is 2.91. The molecule has 0 aliphatic heterocycles. The van der Waals surface area contributed by atoms with E-state index in [1.54, 1.807) is 13.2 Å². The van der Waals surface area contributed by atoms with E-state index in [1.165, 1.54) is 0 Å². The molecule has 80 valence electrons. The minimum Gasteiger partial charge on any atom is -0.494 e. The molecule has 0 amide bonds. The van der Waals surface area contributed by atoms with Gasteiger partial charge in [0.25, 0.3) is 0 Å². The number of benzene rings is 1. The maximum absolute atomic E-state index is 5.27. The molecule has 0 fully saturated rings. The molecule has 0 aromatic heterocycles. The quantitative estimate of drug-likeness (QED) is 0.686. The predicted octanol–water partition coefficient (Wildman–Crippen LogP) is 3.83.